The third-order valence-corrected chi connectivity index (χ3v) is 5.07. The van der Waals surface area contributed by atoms with Crippen molar-refractivity contribution in [2.45, 2.75) is 13.3 Å². The fourth-order valence-corrected chi connectivity index (χ4v) is 3.35. The highest BCUT2D eigenvalue weighted by Crippen LogP contribution is 2.28. The number of likely N-dealkylation sites (N-methyl/N-ethyl adjacent to an activating group) is 1. The van der Waals surface area contributed by atoms with Crippen LogP contribution in [-0.4, -0.2) is 54.7 Å². The van der Waals surface area contributed by atoms with Crippen molar-refractivity contribution in [2.75, 3.05) is 44.4 Å². The molecule has 4 nitrogen and oxygen atoms in total. The number of nitrogens with zero attached hydrogens (tertiary/aromatic N) is 3. The van der Waals surface area contributed by atoms with E-state index >= 15 is 0 Å². The molecular weight excluding hydrogens is 292 g/mol. The minimum Gasteiger partial charge on any atom is -0.374 e. The predicted octanol–water partition coefficient (Wildman–Crippen LogP) is 3.37. The minimum absolute atomic E-state index is 0.888. The van der Waals surface area contributed by atoms with E-state index in [4.69, 9.17) is 4.99 Å². The Morgan fingerprint density at radius 2 is 1.91 bits per heavy atom. The number of nitrogens with one attached hydrogen (secondary N) is 1. The lowest BCUT2D eigenvalue weighted by Gasteiger charge is -2.34. The lowest BCUT2D eigenvalue weighted by atomic mass is 10.2. The Kier molecular flexibility index (Phi) is 5.05. The van der Waals surface area contributed by atoms with E-state index in [1.165, 1.54) is 10.7 Å². The van der Waals surface area contributed by atoms with E-state index in [0.29, 0.717) is 0 Å². The molecule has 2 aliphatic rings. The van der Waals surface area contributed by atoms with Gasteiger partial charge < -0.3 is 15.1 Å². The van der Waals surface area contributed by atoms with Crippen LogP contribution >= 0.6 is 11.8 Å². The van der Waals surface area contributed by atoms with Crippen LogP contribution < -0.4 is 5.32 Å². The molecule has 0 atom stereocenters. The number of anilines is 1. The summed E-state index contributed by atoms with van der Waals surface area (Å²) in [6, 6.07) is 8.34. The summed E-state index contributed by atoms with van der Waals surface area (Å²) in [7, 11) is 2.19. The van der Waals surface area contributed by atoms with Gasteiger partial charge >= 0.3 is 0 Å². The second-order valence-corrected chi connectivity index (χ2v) is 7.04. The number of para-hydroxylation sites is 2. The lowest BCUT2D eigenvalue weighted by Crippen LogP contribution is -2.47. The van der Waals surface area contributed by atoms with Crippen LogP contribution in [0.1, 0.15) is 13.3 Å². The first kappa shape index (κ1) is 15.4. The summed E-state index contributed by atoms with van der Waals surface area (Å²) in [5, 5.41) is 3.48. The highest BCUT2D eigenvalue weighted by Gasteiger charge is 2.18. The van der Waals surface area contributed by atoms with Gasteiger partial charge in [-0.15, -0.1) is 11.8 Å². The Morgan fingerprint density at radius 1 is 1.14 bits per heavy atom. The molecule has 118 valence electrons. The summed E-state index contributed by atoms with van der Waals surface area (Å²) in [4.78, 5) is 11.2. The van der Waals surface area contributed by atoms with Crippen LogP contribution in [0.15, 0.2) is 40.2 Å². The third kappa shape index (κ3) is 3.84. The summed E-state index contributed by atoms with van der Waals surface area (Å²) >= 11 is 1.86. The number of aliphatic imine (C=N–C) groups is 1. The van der Waals surface area contributed by atoms with Crippen molar-refractivity contribution >= 4 is 29.0 Å². The molecule has 1 aromatic rings. The van der Waals surface area contributed by atoms with E-state index in [1.807, 2.05) is 11.8 Å². The molecule has 1 saturated heterocycles. The second kappa shape index (κ2) is 7.20. The monoisotopic (exact) mass is 316 g/mol. The molecule has 0 radical (unpaired) electrons. The van der Waals surface area contributed by atoms with Crippen molar-refractivity contribution < 1.29 is 0 Å². The molecule has 1 N–H and O–H groups in total. The zero-order valence-electron chi connectivity index (χ0n) is 13.4. The van der Waals surface area contributed by atoms with Gasteiger partial charge in [0.15, 0.2) is 0 Å². The standard InChI is InChI=1S/C17H24N4S/c1-14-7-8-17(21-11-9-20(2)10-12-21)19-16-6-4-3-5-15(16)18-13-22-14/h3-7,18H,8-13H2,1-2H3/b14-7-,19-17+. The molecule has 1 fully saturated rings. The molecule has 0 amide bonds. The molecule has 1 aromatic carbocycles. The first-order chi connectivity index (χ1) is 10.7. The van der Waals surface area contributed by atoms with E-state index in [2.05, 4.69) is 59.4 Å². The van der Waals surface area contributed by atoms with Crippen LogP contribution in [0.5, 0.6) is 0 Å². The van der Waals surface area contributed by atoms with Gasteiger partial charge in [0, 0.05) is 32.6 Å². The van der Waals surface area contributed by atoms with Gasteiger partial charge in [0.25, 0.3) is 0 Å². The van der Waals surface area contributed by atoms with Crippen LogP contribution in [0.2, 0.25) is 0 Å². The van der Waals surface area contributed by atoms with Crippen molar-refractivity contribution in [3.8, 4) is 0 Å². The van der Waals surface area contributed by atoms with Crippen LogP contribution in [0.25, 0.3) is 0 Å². The van der Waals surface area contributed by atoms with Gasteiger partial charge in [0.1, 0.15) is 5.84 Å². The Bertz CT molecular complexity index is 574. The molecule has 0 unspecified atom stereocenters. The number of benzene rings is 1. The maximum absolute atomic E-state index is 4.99. The SMILES string of the molecule is C/C1=C/C/C(N2CCN(C)CC2)=N\c2ccccc2NCS1. The molecule has 0 spiro atoms. The maximum Gasteiger partial charge on any atom is 0.109 e. The van der Waals surface area contributed by atoms with Crippen LogP contribution in [0.4, 0.5) is 11.4 Å². The maximum atomic E-state index is 4.99. The lowest BCUT2D eigenvalue weighted by molar-refractivity contribution is 0.214. The summed E-state index contributed by atoms with van der Waals surface area (Å²) in [5.74, 6) is 2.07. The number of hydrogen-bond acceptors (Lipinski definition) is 5. The topological polar surface area (TPSA) is 30.9 Å². The zero-order chi connectivity index (χ0) is 15.4. The summed E-state index contributed by atoms with van der Waals surface area (Å²) in [6.45, 7) is 6.52. The molecule has 22 heavy (non-hydrogen) atoms. The fraction of sp³-hybridized carbons (Fsp3) is 0.471. The molecular formula is C17H24N4S. The van der Waals surface area contributed by atoms with E-state index in [1.54, 1.807) is 0 Å². The van der Waals surface area contributed by atoms with Gasteiger partial charge in [0.2, 0.25) is 0 Å². The van der Waals surface area contributed by atoms with E-state index < -0.39 is 0 Å². The van der Waals surface area contributed by atoms with Gasteiger partial charge in [-0.2, -0.15) is 0 Å². The quantitative estimate of drug-likeness (QED) is 0.795. The molecule has 2 aliphatic heterocycles. The smallest absolute Gasteiger partial charge is 0.109 e. The molecule has 3 rings (SSSR count). The number of rotatable bonds is 0. The first-order valence-electron chi connectivity index (χ1n) is 7.86. The number of allylic oxidation sites excluding steroid dienone is 1. The zero-order valence-corrected chi connectivity index (χ0v) is 14.2. The Morgan fingerprint density at radius 3 is 2.73 bits per heavy atom. The number of thioether (sulfide) groups is 1. The average Bonchev–Trinajstić information content (AvgIpc) is 2.53. The van der Waals surface area contributed by atoms with Gasteiger partial charge in [-0.05, 0) is 31.0 Å². The van der Waals surface area contributed by atoms with Crippen molar-refractivity contribution in [1.29, 1.82) is 0 Å². The number of hydrogen-bond donors (Lipinski definition) is 1. The summed E-state index contributed by atoms with van der Waals surface area (Å²) in [6.07, 6.45) is 3.22. The van der Waals surface area contributed by atoms with Crippen LogP contribution in [0, 0.1) is 0 Å². The largest absolute Gasteiger partial charge is 0.374 e. The molecule has 0 bridgehead atoms. The van der Waals surface area contributed by atoms with E-state index in [0.717, 1.165) is 49.9 Å². The third-order valence-electron chi connectivity index (χ3n) is 4.16. The van der Waals surface area contributed by atoms with E-state index in [9.17, 15) is 0 Å². The van der Waals surface area contributed by atoms with Gasteiger partial charge in [0.05, 0.1) is 17.3 Å². The van der Waals surface area contributed by atoms with Crippen molar-refractivity contribution in [3.63, 3.8) is 0 Å². The normalized spacial score (nSPS) is 25.3. The molecule has 5 heteroatoms. The fourth-order valence-electron chi connectivity index (χ4n) is 2.69. The van der Waals surface area contributed by atoms with Crippen molar-refractivity contribution in [3.05, 3.63) is 35.2 Å². The number of piperazine rings is 1. The van der Waals surface area contributed by atoms with Gasteiger partial charge in [-0.1, -0.05) is 18.2 Å². The number of fused-ring (bicyclic) bond motifs is 1. The summed E-state index contributed by atoms with van der Waals surface area (Å²) < 4.78 is 0. The second-order valence-electron chi connectivity index (χ2n) is 5.82. The predicted molar refractivity (Wildman–Crippen MR) is 97.1 cm³/mol. The van der Waals surface area contributed by atoms with Crippen molar-refractivity contribution in [2.24, 2.45) is 4.99 Å². The van der Waals surface area contributed by atoms with Crippen LogP contribution in [0.3, 0.4) is 0 Å². The Labute approximate surface area is 137 Å². The highest BCUT2D eigenvalue weighted by atomic mass is 32.2. The minimum atomic E-state index is 0.888. The number of amidine groups is 1. The van der Waals surface area contributed by atoms with Gasteiger partial charge in [-0.3, -0.25) is 0 Å². The summed E-state index contributed by atoms with van der Waals surface area (Å²) in [5.41, 5.74) is 2.17. The molecule has 2 heterocycles. The Balaban J connectivity index is 1.91. The van der Waals surface area contributed by atoms with Gasteiger partial charge in [-0.25, -0.2) is 4.99 Å². The first-order valence-corrected chi connectivity index (χ1v) is 8.84. The molecule has 0 saturated carbocycles. The Hall–Kier alpha value is -1.46. The highest BCUT2D eigenvalue weighted by molar-refractivity contribution is 8.03. The average molecular weight is 316 g/mol. The van der Waals surface area contributed by atoms with Crippen molar-refractivity contribution in [1.82, 2.24) is 9.80 Å². The molecule has 0 aromatic heterocycles. The van der Waals surface area contributed by atoms with E-state index in [-0.39, 0.29) is 0 Å². The molecule has 0 aliphatic carbocycles. The van der Waals surface area contributed by atoms with Crippen LogP contribution in [-0.2, 0) is 0 Å².